The number of methoxy groups -OCH3 is 1. The predicted molar refractivity (Wildman–Crippen MR) is 95.4 cm³/mol. The summed E-state index contributed by atoms with van der Waals surface area (Å²) in [4.78, 5) is 0. The number of hydrogen-bond acceptors (Lipinski definition) is 8. The molecule has 0 saturated heterocycles. The largest absolute Gasteiger partial charge is 2.00 e. The summed E-state index contributed by atoms with van der Waals surface area (Å²) < 4.78 is 10.1. The summed E-state index contributed by atoms with van der Waals surface area (Å²) in [6, 6.07) is 8.85. The summed E-state index contributed by atoms with van der Waals surface area (Å²) in [7, 11) is 2.37. The van der Waals surface area contributed by atoms with E-state index in [1.54, 1.807) is 25.1 Å². The third-order valence-electron chi connectivity index (χ3n) is 3.08. The van der Waals surface area contributed by atoms with Gasteiger partial charge in [0.1, 0.15) is 5.75 Å². The van der Waals surface area contributed by atoms with Gasteiger partial charge in [0, 0.05) is 34.1 Å². The van der Waals surface area contributed by atoms with Crippen molar-refractivity contribution in [2.75, 3.05) is 20.8 Å². The van der Waals surface area contributed by atoms with Gasteiger partial charge in [0.05, 0.1) is 19.9 Å². The number of ether oxygens (including phenoxy) is 2. The maximum Gasteiger partial charge on any atom is 0.161 e. The van der Waals surface area contributed by atoms with Crippen LogP contribution in [0, 0.1) is 0 Å². The van der Waals surface area contributed by atoms with Crippen molar-refractivity contribution in [3.8, 4) is 23.0 Å². The van der Waals surface area contributed by atoms with Crippen molar-refractivity contribution in [2.45, 2.75) is 6.92 Å². The molecular weight excluding hydrogens is 468 g/mol. The van der Waals surface area contributed by atoms with Crippen molar-refractivity contribution < 1.29 is 61.9 Å². The zero-order valence-electron chi connectivity index (χ0n) is 15.9. The summed E-state index contributed by atoms with van der Waals surface area (Å²) in [5, 5.41) is 47.7. The van der Waals surface area contributed by atoms with Crippen LogP contribution in [-0.4, -0.2) is 43.2 Å². The van der Waals surface area contributed by atoms with E-state index < -0.39 is 5.90 Å². The van der Waals surface area contributed by atoms with Crippen LogP contribution >= 0.6 is 0 Å². The van der Waals surface area contributed by atoms with Gasteiger partial charge in [-0.3, -0.25) is 0 Å². The van der Waals surface area contributed by atoms with Gasteiger partial charge in [0.25, 0.3) is 0 Å². The van der Waals surface area contributed by atoms with E-state index in [-0.39, 0.29) is 66.1 Å². The van der Waals surface area contributed by atoms with Gasteiger partial charge < -0.3 is 40.9 Å². The first kappa shape index (κ1) is 31.1. The zero-order chi connectivity index (χ0) is 19.5. The number of para-hydroxylation sites is 1. The number of benzene rings is 2. The molecule has 0 radical (unpaired) electrons. The molecule has 0 aromatic heterocycles. The molecule has 2 aromatic rings. The van der Waals surface area contributed by atoms with Gasteiger partial charge in [0.2, 0.25) is 0 Å². The first-order valence-electron chi connectivity index (χ1n) is 7.59. The van der Waals surface area contributed by atoms with E-state index in [2.05, 4.69) is 10.2 Å². The number of phenols is 1. The molecule has 0 atom stereocenters. The molecule has 2 N–H and O–H groups in total. The average molecular weight is 488 g/mol. The molecule has 11 heteroatoms. The van der Waals surface area contributed by atoms with Gasteiger partial charge in [-0.1, -0.05) is 23.9 Å². The van der Waals surface area contributed by atoms with E-state index in [0.717, 1.165) is 7.11 Å². The van der Waals surface area contributed by atoms with Gasteiger partial charge in [-0.15, -0.1) is 0 Å². The molecule has 0 amide bonds. The van der Waals surface area contributed by atoms with Crippen LogP contribution < -0.4 is 19.7 Å². The fraction of sp³-hybridized carbons (Fsp3) is 0.222. The Morgan fingerprint density at radius 1 is 1.14 bits per heavy atom. The van der Waals surface area contributed by atoms with Crippen molar-refractivity contribution >= 4 is 12.1 Å². The summed E-state index contributed by atoms with van der Waals surface area (Å²) in [6.45, 7) is 2.15. The Hall–Kier alpha value is -2.65. The van der Waals surface area contributed by atoms with E-state index in [0.29, 0.717) is 6.61 Å². The SMILES string of the molecule is CCOc1cccc(/C=N/N=C(\[O-])c2ccc(O)c(OC)c2)c1[O-].CO.[Mo].[O-2].[O-2]. The zero-order valence-corrected chi connectivity index (χ0v) is 17.9. The summed E-state index contributed by atoms with van der Waals surface area (Å²) in [5.74, 6) is -0.654. The molecule has 0 bridgehead atoms. The van der Waals surface area contributed by atoms with Crippen LogP contribution in [0.3, 0.4) is 0 Å². The Kier molecular flexibility index (Phi) is 17.5. The van der Waals surface area contributed by atoms with Gasteiger partial charge >= 0.3 is 0 Å². The van der Waals surface area contributed by atoms with Crippen molar-refractivity contribution in [3.05, 3.63) is 47.5 Å². The van der Waals surface area contributed by atoms with E-state index in [1.807, 2.05) is 0 Å². The Morgan fingerprint density at radius 3 is 2.38 bits per heavy atom. The molecule has 2 aromatic carbocycles. The molecule has 0 spiro atoms. The number of aliphatic hydroxyl groups is 1. The Balaban J connectivity index is -0.00000131. The third-order valence-corrected chi connectivity index (χ3v) is 3.08. The Labute approximate surface area is 182 Å². The maximum absolute atomic E-state index is 12.0. The normalized spacial score (nSPS) is 9.86. The minimum Gasteiger partial charge on any atom is -2.00 e. The Morgan fingerprint density at radius 2 is 1.79 bits per heavy atom. The van der Waals surface area contributed by atoms with Gasteiger partial charge in [-0.2, -0.15) is 10.2 Å². The van der Waals surface area contributed by atoms with E-state index >= 15 is 0 Å². The van der Waals surface area contributed by atoms with Crippen LogP contribution in [0.2, 0.25) is 0 Å². The second kappa shape index (κ2) is 16.3. The molecule has 0 aliphatic heterocycles. The minimum absolute atomic E-state index is 0. The monoisotopic (exact) mass is 490 g/mol. The van der Waals surface area contributed by atoms with Crippen LogP contribution in [0.1, 0.15) is 18.1 Å². The number of rotatable bonds is 6. The summed E-state index contributed by atoms with van der Waals surface area (Å²) in [5.41, 5.74) is 0.466. The minimum atomic E-state index is -0.627. The van der Waals surface area contributed by atoms with Gasteiger partial charge in [-0.05, 0) is 36.2 Å². The molecule has 162 valence electrons. The number of aliphatic hydroxyl groups excluding tert-OH is 1. The van der Waals surface area contributed by atoms with Crippen LogP contribution in [0.5, 0.6) is 23.0 Å². The van der Waals surface area contributed by atoms with Crippen LogP contribution in [0.25, 0.3) is 0 Å². The second-order valence-corrected chi connectivity index (χ2v) is 4.64. The fourth-order valence-electron chi connectivity index (χ4n) is 1.92. The number of nitrogens with zero attached hydrogens (tertiary/aromatic N) is 2. The van der Waals surface area contributed by atoms with Crippen molar-refractivity contribution in [2.24, 2.45) is 10.2 Å². The molecule has 0 aliphatic carbocycles. The molecule has 29 heavy (non-hydrogen) atoms. The first-order valence-corrected chi connectivity index (χ1v) is 7.59. The number of hydrogen-bond donors (Lipinski definition) is 2. The average Bonchev–Trinajstić information content (AvgIpc) is 2.66. The fourth-order valence-corrected chi connectivity index (χ4v) is 1.92. The molecule has 0 unspecified atom stereocenters. The smallest absolute Gasteiger partial charge is 0.161 e. The van der Waals surface area contributed by atoms with Crippen LogP contribution in [0.4, 0.5) is 0 Å². The first-order chi connectivity index (χ1) is 12.6. The van der Waals surface area contributed by atoms with Crippen molar-refractivity contribution in [1.82, 2.24) is 0 Å². The summed E-state index contributed by atoms with van der Waals surface area (Å²) >= 11 is 0. The standard InChI is InChI=1S/C17H18N2O5.CH4O.Mo.2O/c1-3-24-14-6-4-5-12(16(14)21)10-18-19-17(22)11-7-8-13(20)15(9-11)23-2;1-2;;;/h4-10,20-21H,3H2,1-2H3,(H,19,22);2H,1H3;;;/q;;;2*-2/p-2/b18-10+;;;;. The van der Waals surface area contributed by atoms with E-state index in [9.17, 15) is 15.3 Å². The van der Waals surface area contributed by atoms with E-state index in [4.69, 9.17) is 14.6 Å². The van der Waals surface area contributed by atoms with Gasteiger partial charge in [0.15, 0.2) is 11.5 Å². The van der Waals surface area contributed by atoms with Crippen molar-refractivity contribution in [3.63, 3.8) is 0 Å². The second-order valence-electron chi connectivity index (χ2n) is 4.64. The molecule has 2 rings (SSSR count). The molecule has 0 heterocycles. The third kappa shape index (κ3) is 8.92. The predicted octanol–water partition coefficient (Wildman–Crippen LogP) is 0.382. The maximum atomic E-state index is 12.0. The Bertz CT molecular complexity index is 784. The summed E-state index contributed by atoms with van der Waals surface area (Å²) in [6.07, 6.45) is 1.19. The topological polar surface area (TPSA) is 187 Å². The number of aromatic hydroxyl groups is 1. The molecule has 0 saturated carbocycles. The van der Waals surface area contributed by atoms with Gasteiger partial charge in [-0.25, -0.2) is 0 Å². The molecule has 0 fully saturated rings. The molecular formula is C18H20MoN2O8-6. The molecule has 10 nitrogen and oxygen atoms in total. The van der Waals surface area contributed by atoms with Crippen LogP contribution in [-0.2, 0) is 32.0 Å². The molecule has 0 aliphatic rings. The van der Waals surface area contributed by atoms with E-state index in [1.165, 1.54) is 31.5 Å². The number of phenolic OH excluding ortho intramolecular Hbond substituents is 1. The van der Waals surface area contributed by atoms with Crippen LogP contribution in [0.15, 0.2) is 46.6 Å². The van der Waals surface area contributed by atoms with Crippen molar-refractivity contribution in [1.29, 1.82) is 0 Å². The quantitative estimate of drug-likeness (QED) is 0.256.